The number of urea groups is 1. The first-order valence-corrected chi connectivity index (χ1v) is 8.89. The Morgan fingerprint density at radius 2 is 2.07 bits per heavy atom. The highest BCUT2D eigenvalue weighted by Gasteiger charge is 2.22. The van der Waals surface area contributed by atoms with Gasteiger partial charge in [-0.25, -0.2) is 9.59 Å². The van der Waals surface area contributed by atoms with Gasteiger partial charge in [-0.15, -0.1) is 10.2 Å². The van der Waals surface area contributed by atoms with Crippen LogP contribution in [0.5, 0.6) is 0 Å². The quantitative estimate of drug-likeness (QED) is 0.662. The molecule has 9 heteroatoms. The number of aromatic nitrogens is 2. The van der Waals surface area contributed by atoms with Crippen LogP contribution in [0.1, 0.15) is 16.2 Å². The Labute approximate surface area is 165 Å². The second-order valence-electron chi connectivity index (χ2n) is 6.02. The fourth-order valence-electron chi connectivity index (χ4n) is 2.78. The predicted molar refractivity (Wildman–Crippen MR) is 101 cm³/mol. The molecule has 1 fully saturated rings. The summed E-state index contributed by atoms with van der Waals surface area (Å²) in [7, 11) is 0. The standard InChI is InChI=1S/C19H15ClN4O4/c20-14-5-1-3-12(9-14)17-23-22-16(28-17)11-27-18(25)13-4-2-6-15(10-13)24-8-7-21-19(24)26/h1-6,9-10H,7-8,11H2,(H,21,26). The number of rotatable bonds is 5. The lowest BCUT2D eigenvalue weighted by Crippen LogP contribution is -2.27. The third kappa shape index (κ3) is 3.81. The van der Waals surface area contributed by atoms with Crippen LogP contribution in [-0.2, 0) is 11.3 Å². The van der Waals surface area contributed by atoms with E-state index >= 15 is 0 Å². The smallest absolute Gasteiger partial charge is 0.338 e. The number of carbonyl (C=O) groups is 2. The summed E-state index contributed by atoms with van der Waals surface area (Å²) in [5.41, 5.74) is 1.63. The summed E-state index contributed by atoms with van der Waals surface area (Å²) < 4.78 is 10.8. The minimum absolute atomic E-state index is 0.165. The largest absolute Gasteiger partial charge is 0.452 e. The lowest BCUT2D eigenvalue weighted by molar-refractivity contribution is 0.0438. The zero-order valence-corrected chi connectivity index (χ0v) is 15.3. The summed E-state index contributed by atoms with van der Waals surface area (Å²) in [4.78, 5) is 25.7. The number of benzene rings is 2. The molecule has 2 aromatic carbocycles. The first-order chi connectivity index (χ1) is 13.6. The second kappa shape index (κ2) is 7.69. The fraction of sp³-hybridized carbons (Fsp3) is 0.158. The number of ether oxygens (including phenoxy) is 1. The van der Waals surface area contributed by atoms with Gasteiger partial charge in [0, 0.05) is 29.4 Å². The van der Waals surface area contributed by atoms with E-state index in [-0.39, 0.29) is 24.4 Å². The molecule has 2 heterocycles. The van der Waals surface area contributed by atoms with E-state index in [1.54, 1.807) is 53.4 Å². The van der Waals surface area contributed by atoms with Gasteiger partial charge in [-0.3, -0.25) is 4.90 Å². The van der Waals surface area contributed by atoms with Crippen LogP contribution in [0.4, 0.5) is 10.5 Å². The van der Waals surface area contributed by atoms with E-state index in [0.717, 1.165) is 0 Å². The zero-order valence-electron chi connectivity index (χ0n) is 14.6. The van der Waals surface area contributed by atoms with Crippen molar-refractivity contribution in [3.63, 3.8) is 0 Å². The number of nitrogens with one attached hydrogen (secondary N) is 1. The summed E-state index contributed by atoms with van der Waals surface area (Å²) in [5, 5.41) is 11.1. The van der Waals surface area contributed by atoms with Gasteiger partial charge < -0.3 is 14.5 Å². The van der Waals surface area contributed by atoms with Crippen molar-refractivity contribution in [2.75, 3.05) is 18.0 Å². The van der Waals surface area contributed by atoms with Gasteiger partial charge in [0.1, 0.15) is 0 Å². The van der Waals surface area contributed by atoms with Gasteiger partial charge in [0.15, 0.2) is 6.61 Å². The summed E-state index contributed by atoms with van der Waals surface area (Å²) in [6.07, 6.45) is 0. The average Bonchev–Trinajstić information content (AvgIpc) is 3.35. The number of anilines is 1. The molecule has 1 N–H and O–H groups in total. The van der Waals surface area contributed by atoms with Crippen LogP contribution >= 0.6 is 11.6 Å². The van der Waals surface area contributed by atoms with E-state index in [0.29, 0.717) is 34.9 Å². The Bertz CT molecular complexity index is 1040. The van der Waals surface area contributed by atoms with Crippen molar-refractivity contribution in [3.05, 3.63) is 65.0 Å². The summed E-state index contributed by atoms with van der Waals surface area (Å²) in [6.45, 7) is 0.950. The van der Waals surface area contributed by atoms with Gasteiger partial charge in [-0.2, -0.15) is 0 Å². The SMILES string of the molecule is O=C(OCc1nnc(-c2cccc(Cl)c2)o1)c1cccc(N2CCNC2=O)c1. The molecule has 1 aliphatic rings. The Kier molecular flexibility index (Phi) is 4.94. The van der Waals surface area contributed by atoms with E-state index in [4.69, 9.17) is 20.8 Å². The number of amides is 2. The lowest BCUT2D eigenvalue weighted by Gasteiger charge is -2.14. The van der Waals surface area contributed by atoms with Crippen molar-refractivity contribution >= 4 is 29.3 Å². The number of hydrogen-bond donors (Lipinski definition) is 1. The first kappa shape index (κ1) is 18.0. The third-order valence-electron chi connectivity index (χ3n) is 4.12. The molecule has 0 spiro atoms. The van der Waals surface area contributed by atoms with Gasteiger partial charge >= 0.3 is 12.0 Å². The van der Waals surface area contributed by atoms with Crippen molar-refractivity contribution in [2.45, 2.75) is 6.61 Å². The molecule has 0 bridgehead atoms. The number of halogens is 1. The first-order valence-electron chi connectivity index (χ1n) is 8.51. The number of carbonyl (C=O) groups excluding carboxylic acids is 2. The van der Waals surface area contributed by atoms with Crippen molar-refractivity contribution < 1.29 is 18.7 Å². The second-order valence-corrected chi connectivity index (χ2v) is 6.46. The van der Waals surface area contributed by atoms with Crippen LogP contribution in [0.25, 0.3) is 11.5 Å². The predicted octanol–water partition coefficient (Wildman–Crippen LogP) is 3.28. The summed E-state index contributed by atoms with van der Waals surface area (Å²) in [6, 6.07) is 13.5. The van der Waals surface area contributed by atoms with E-state index < -0.39 is 5.97 Å². The Morgan fingerprint density at radius 1 is 1.21 bits per heavy atom. The lowest BCUT2D eigenvalue weighted by atomic mass is 10.2. The van der Waals surface area contributed by atoms with Crippen LogP contribution in [0.3, 0.4) is 0 Å². The van der Waals surface area contributed by atoms with Crippen LogP contribution in [0.2, 0.25) is 5.02 Å². The van der Waals surface area contributed by atoms with E-state index in [1.165, 1.54) is 0 Å². The van der Waals surface area contributed by atoms with Crippen molar-refractivity contribution in [3.8, 4) is 11.5 Å². The normalized spacial score (nSPS) is 13.5. The number of hydrogen-bond acceptors (Lipinski definition) is 6. The van der Waals surface area contributed by atoms with Crippen molar-refractivity contribution in [1.82, 2.24) is 15.5 Å². The molecule has 0 unspecified atom stereocenters. The maximum absolute atomic E-state index is 12.3. The Hall–Kier alpha value is -3.39. The molecule has 0 saturated carbocycles. The molecule has 142 valence electrons. The van der Waals surface area contributed by atoms with Gasteiger partial charge in [0.25, 0.3) is 5.89 Å². The maximum Gasteiger partial charge on any atom is 0.338 e. The monoisotopic (exact) mass is 398 g/mol. The molecule has 2 amide bonds. The fourth-order valence-corrected chi connectivity index (χ4v) is 2.97. The van der Waals surface area contributed by atoms with E-state index in [2.05, 4.69) is 15.5 Å². The molecule has 1 saturated heterocycles. The third-order valence-corrected chi connectivity index (χ3v) is 4.35. The van der Waals surface area contributed by atoms with Crippen LogP contribution < -0.4 is 10.2 Å². The minimum atomic E-state index is -0.552. The molecular weight excluding hydrogens is 384 g/mol. The van der Waals surface area contributed by atoms with Crippen molar-refractivity contribution in [1.29, 1.82) is 0 Å². The molecule has 8 nitrogen and oxygen atoms in total. The molecule has 28 heavy (non-hydrogen) atoms. The van der Waals surface area contributed by atoms with Crippen LogP contribution in [-0.4, -0.2) is 35.3 Å². The highest BCUT2D eigenvalue weighted by molar-refractivity contribution is 6.30. The van der Waals surface area contributed by atoms with Gasteiger partial charge in [0.05, 0.1) is 5.56 Å². The van der Waals surface area contributed by atoms with Crippen LogP contribution in [0, 0.1) is 0 Å². The summed E-state index contributed by atoms with van der Waals surface area (Å²) in [5.74, 6) is -0.0991. The van der Waals surface area contributed by atoms with Crippen LogP contribution in [0.15, 0.2) is 52.9 Å². The Balaban J connectivity index is 1.42. The van der Waals surface area contributed by atoms with E-state index in [9.17, 15) is 9.59 Å². The number of nitrogens with zero attached hydrogens (tertiary/aromatic N) is 3. The van der Waals surface area contributed by atoms with Gasteiger partial charge in [-0.05, 0) is 36.4 Å². The molecular formula is C19H15ClN4O4. The molecule has 0 aliphatic carbocycles. The highest BCUT2D eigenvalue weighted by Crippen LogP contribution is 2.22. The average molecular weight is 399 g/mol. The Morgan fingerprint density at radius 3 is 2.86 bits per heavy atom. The summed E-state index contributed by atoms with van der Waals surface area (Å²) >= 11 is 5.95. The van der Waals surface area contributed by atoms with Gasteiger partial charge in [0.2, 0.25) is 5.89 Å². The van der Waals surface area contributed by atoms with Crippen molar-refractivity contribution in [2.24, 2.45) is 0 Å². The molecule has 0 radical (unpaired) electrons. The number of esters is 1. The highest BCUT2D eigenvalue weighted by atomic mass is 35.5. The minimum Gasteiger partial charge on any atom is -0.452 e. The topological polar surface area (TPSA) is 97.6 Å². The molecule has 0 atom stereocenters. The molecule has 3 aromatic rings. The van der Waals surface area contributed by atoms with E-state index in [1.807, 2.05) is 0 Å². The molecule has 4 rings (SSSR count). The molecule has 1 aromatic heterocycles. The molecule has 1 aliphatic heterocycles. The zero-order chi connectivity index (χ0) is 19.5. The van der Waals surface area contributed by atoms with Gasteiger partial charge in [-0.1, -0.05) is 23.7 Å². The maximum atomic E-state index is 12.3.